The highest BCUT2D eigenvalue weighted by molar-refractivity contribution is 5.68. The Balaban J connectivity index is 1.49. The van der Waals surface area contributed by atoms with Crippen molar-refractivity contribution in [3.8, 4) is 0 Å². The number of carbonyl (C=O) groups is 1. The quantitative estimate of drug-likeness (QED) is 0.797. The third kappa shape index (κ3) is 5.03. The maximum Gasteiger partial charge on any atom is 0.410 e. The number of rotatable bonds is 6. The fraction of sp³-hybridized carbons (Fsp3) is 0.350. The predicted octanol–water partition coefficient (Wildman–Crippen LogP) is 3.95. The maximum atomic E-state index is 13.8. The zero-order valence-corrected chi connectivity index (χ0v) is 14.0. The van der Waals surface area contributed by atoms with Gasteiger partial charge in [-0.05, 0) is 11.1 Å². The summed E-state index contributed by atoms with van der Waals surface area (Å²) < 4.78 is 24.8. The van der Waals surface area contributed by atoms with Gasteiger partial charge in [-0.1, -0.05) is 60.7 Å². The summed E-state index contributed by atoms with van der Waals surface area (Å²) in [6, 6.07) is 18.9. The molecular weight excluding hydrogens is 321 g/mol. The fourth-order valence-electron chi connectivity index (χ4n) is 2.93. The molecule has 2 aromatic carbocycles. The summed E-state index contributed by atoms with van der Waals surface area (Å²) in [4.78, 5) is 13.7. The topological polar surface area (TPSA) is 38.8 Å². The van der Waals surface area contributed by atoms with E-state index in [2.05, 4.69) is 0 Å². The van der Waals surface area contributed by atoms with Gasteiger partial charge in [-0.15, -0.1) is 0 Å². The summed E-state index contributed by atoms with van der Waals surface area (Å²) in [5.74, 6) is 0. The molecule has 1 aliphatic rings. The van der Waals surface area contributed by atoms with Crippen molar-refractivity contribution in [3.05, 3.63) is 71.8 Å². The maximum absolute atomic E-state index is 13.8. The molecule has 0 aromatic heterocycles. The van der Waals surface area contributed by atoms with Crippen LogP contribution in [0.25, 0.3) is 0 Å². The minimum atomic E-state index is -1.03. The highest BCUT2D eigenvalue weighted by Gasteiger charge is 2.36. The third-order valence-electron chi connectivity index (χ3n) is 4.22. The van der Waals surface area contributed by atoms with Gasteiger partial charge in [0.1, 0.15) is 12.8 Å². The molecule has 132 valence electrons. The van der Waals surface area contributed by atoms with E-state index in [0.717, 1.165) is 11.1 Å². The lowest BCUT2D eigenvalue weighted by atomic mass is 10.2. The Morgan fingerprint density at radius 2 is 1.60 bits per heavy atom. The van der Waals surface area contributed by atoms with Gasteiger partial charge in [0.25, 0.3) is 0 Å². The van der Waals surface area contributed by atoms with Gasteiger partial charge >= 0.3 is 6.09 Å². The number of likely N-dealkylation sites (tertiary alicyclic amines) is 1. The molecule has 2 aromatic rings. The monoisotopic (exact) mass is 343 g/mol. The van der Waals surface area contributed by atoms with E-state index in [1.165, 1.54) is 4.90 Å². The summed E-state index contributed by atoms with van der Waals surface area (Å²) in [5.41, 5.74) is 1.96. The van der Waals surface area contributed by atoms with Crippen LogP contribution in [0.15, 0.2) is 60.7 Å². The molecule has 1 fully saturated rings. The first-order valence-electron chi connectivity index (χ1n) is 8.45. The molecule has 25 heavy (non-hydrogen) atoms. The van der Waals surface area contributed by atoms with Crippen molar-refractivity contribution < 1.29 is 18.7 Å². The van der Waals surface area contributed by atoms with Crippen molar-refractivity contribution in [2.45, 2.75) is 31.8 Å². The number of benzene rings is 2. The Morgan fingerprint density at radius 1 is 1.00 bits per heavy atom. The second kappa shape index (κ2) is 8.62. The number of halogens is 1. The van der Waals surface area contributed by atoms with Gasteiger partial charge in [-0.2, -0.15) is 0 Å². The average Bonchev–Trinajstić information content (AvgIpc) is 3.02. The van der Waals surface area contributed by atoms with E-state index in [1.54, 1.807) is 0 Å². The Bertz CT molecular complexity index is 665. The number of hydrogen-bond acceptors (Lipinski definition) is 3. The van der Waals surface area contributed by atoms with Gasteiger partial charge in [0.15, 0.2) is 0 Å². The van der Waals surface area contributed by atoms with Crippen molar-refractivity contribution in [2.75, 3.05) is 13.2 Å². The second-order valence-corrected chi connectivity index (χ2v) is 6.18. The van der Waals surface area contributed by atoms with Crippen molar-refractivity contribution >= 4 is 6.09 Å². The van der Waals surface area contributed by atoms with Crippen LogP contribution in [0.5, 0.6) is 0 Å². The van der Waals surface area contributed by atoms with E-state index in [1.807, 2.05) is 60.7 Å². The molecule has 2 unspecified atom stereocenters. The van der Waals surface area contributed by atoms with Gasteiger partial charge < -0.3 is 9.47 Å². The lowest BCUT2D eigenvalue weighted by Gasteiger charge is -2.23. The Hall–Kier alpha value is -2.40. The van der Waals surface area contributed by atoms with Gasteiger partial charge in [0.2, 0.25) is 0 Å². The number of hydrogen-bond donors (Lipinski definition) is 0. The van der Waals surface area contributed by atoms with Crippen LogP contribution < -0.4 is 0 Å². The summed E-state index contributed by atoms with van der Waals surface area (Å²) >= 11 is 0. The van der Waals surface area contributed by atoms with Gasteiger partial charge in [0, 0.05) is 6.42 Å². The van der Waals surface area contributed by atoms with Crippen LogP contribution in [0, 0.1) is 0 Å². The lowest BCUT2D eigenvalue weighted by molar-refractivity contribution is 0.0493. The van der Waals surface area contributed by atoms with Crippen molar-refractivity contribution in [2.24, 2.45) is 0 Å². The van der Waals surface area contributed by atoms with Crippen LogP contribution in [0.4, 0.5) is 9.18 Å². The summed E-state index contributed by atoms with van der Waals surface area (Å²) in [6.07, 6.45) is -1.23. The zero-order chi connectivity index (χ0) is 17.5. The lowest BCUT2D eigenvalue weighted by Crippen LogP contribution is -2.38. The zero-order valence-electron chi connectivity index (χ0n) is 14.0. The molecule has 0 N–H and O–H groups in total. The molecular formula is C20H22FNO3. The number of ether oxygens (including phenoxy) is 2. The minimum Gasteiger partial charge on any atom is -0.445 e. The molecule has 1 heterocycles. The van der Waals surface area contributed by atoms with Crippen molar-refractivity contribution in [1.82, 2.24) is 4.90 Å². The molecule has 5 heteroatoms. The predicted molar refractivity (Wildman–Crippen MR) is 92.7 cm³/mol. The molecule has 4 nitrogen and oxygen atoms in total. The molecule has 1 saturated heterocycles. The van der Waals surface area contributed by atoms with E-state index < -0.39 is 12.3 Å². The SMILES string of the molecule is O=C(OCc1ccccc1)N1CC(F)CC1COCc1ccccc1. The van der Waals surface area contributed by atoms with Crippen molar-refractivity contribution in [3.63, 3.8) is 0 Å². The molecule has 3 rings (SSSR count). The third-order valence-corrected chi connectivity index (χ3v) is 4.22. The van der Waals surface area contributed by atoms with E-state index >= 15 is 0 Å². The molecule has 0 spiro atoms. The summed E-state index contributed by atoms with van der Waals surface area (Å²) in [7, 11) is 0. The highest BCUT2D eigenvalue weighted by atomic mass is 19.1. The standard InChI is InChI=1S/C20H22FNO3/c21-18-11-19(15-24-13-16-7-3-1-4-8-16)22(12-18)20(23)25-14-17-9-5-2-6-10-17/h1-10,18-19H,11-15H2. The minimum absolute atomic E-state index is 0.0625. The smallest absolute Gasteiger partial charge is 0.410 e. The van der Waals surface area contributed by atoms with Crippen LogP contribution >= 0.6 is 0 Å². The molecule has 0 radical (unpaired) electrons. The average molecular weight is 343 g/mol. The van der Waals surface area contributed by atoms with Gasteiger partial charge in [-0.3, -0.25) is 4.90 Å². The molecule has 0 saturated carbocycles. The molecule has 0 aliphatic carbocycles. The first-order valence-corrected chi connectivity index (χ1v) is 8.45. The summed E-state index contributed by atoms with van der Waals surface area (Å²) in [6.45, 7) is 0.995. The molecule has 0 bridgehead atoms. The number of nitrogens with zero attached hydrogens (tertiary/aromatic N) is 1. The van der Waals surface area contributed by atoms with Gasteiger partial charge in [-0.25, -0.2) is 9.18 Å². The van der Waals surface area contributed by atoms with E-state index in [0.29, 0.717) is 13.2 Å². The Morgan fingerprint density at radius 3 is 2.24 bits per heavy atom. The fourth-order valence-corrected chi connectivity index (χ4v) is 2.93. The van der Waals surface area contributed by atoms with E-state index in [4.69, 9.17) is 9.47 Å². The van der Waals surface area contributed by atoms with Gasteiger partial charge in [0.05, 0.1) is 25.8 Å². The molecule has 1 aliphatic heterocycles. The first kappa shape index (κ1) is 17.4. The Kier molecular flexibility index (Phi) is 6.01. The normalized spacial score (nSPS) is 19.8. The van der Waals surface area contributed by atoms with Crippen LogP contribution in [0.2, 0.25) is 0 Å². The summed E-state index contributed by atoms with van der Waals surface area (Å²) in [5, 5.41) is 0. The molecule has 2 atom stereocenters. The largest absolute Gasteiger partial charge is 0.445 e. The van der Waals surface area contributed by atoms with Crippen LogP contribution in [0.3, 0.4) is 0 Å². The molecule has 1 amide bonds. The van der Waals surface area contributed by atoms with Crippen molar-refractivity contribution in [1.29, 1.82) is 0 Å². The second-order valence-electron chi connectivity index (χ2n) is 6.18. The van der Waals surface area contributed by atoms with E-state index in [-0.39, 0.29) is 25.6 Å². The van der Waals surface area contributed by atoms with Crippen LogP contribution in [-0.2, 0) is 22.7 Å². The first-order chi connectivity index (χ1) is 12.2. The van der Waals surface area contributed by atoms with E-state index in [9.17, 15) is 9.18 Å². The highest BCUT2D eigenvalue weighted by Crippen LogP contribution is 2.22. The Labute approximate surface area is 147 Å². The van der Waals surface area contributed by atoms with Crippen LogP contribution in [0.1, 0.15) is 17.5 Å². The number of alkyl halides is 1. The number of carbonyl (C=O) groups excluding carboxylic acids is 1. The van der Waals surface area contributed by atoms with Crippen LogP contribution in [-0.4, -0.2) is 36.4 Å². The number of amides is 1.